The minimum absolute atomic E-state index is 0.163. The Morgan fingerprint density at radius 2 is 2.10 bits per heavy atom. The highest BCUT2D eigenvalue weighted by Gasteiger charge is 2.27. The first-order valence-electron chi connectivity index (χ1n) is 6.56. The molecule has 1 aliphatic heterocycles. The second kappa shape index (κ2) is 6.66. The Balaban J connectivity index is 2.30. The normalized spacial score (nSPS) is 18.7. The molecule has 0 spiro atoms. The van der Waals surface area contributed by atoms with Gasteiger partial charge >= 0.3 is 0 Å². The minimum Gasteiger partial charge on any atom is -0.494 e. The third-order valence-electron chi connectivity index (χ3n) is 3.62. The molecule has 0 aliphatic carbocycles. The second-order valence-corrected chi connectivity index (χ2v) is 5.67. The summed E-state index contributed by atoms with van der Waals surface area (Å²) < 4.78 is 5.24. The molecule has 0 saturated carbocycles. The van der Waals surface area contributed by atoms with Gasteiger partial charge < -0.3 is 15.0 Å². The van der Waals surface area contributed by atoms with Gasteiger partial charge in [0.25, 0.3) is 5.91 Å². The number of likely N-dealkylation sites (N-methyl/N-ethyl adjacent to an activating group) is 1. The number of piperidine rings is 1. The Kier molecular flexibility index (Phi) is 5.13. The Morgan fingerprint density at radius 1 is 1.40 bits per heavy atom. The number of carbonyl (C=O) groups excluding carboxylic acids is 1. The smallest absolute Gasteiger partial charge is 0.259 e. The second-order valence-electron chi connectivity index (χ2n) is 4.85. The minimum atomic E-state index is -0.164. The van der Waals surface area contributed by atoms with Crippen LogP contribution in [0.5, 0.6) is 5.75 Å². The first kappa shape index (κ1) is 15.4. The van der Waals surface area contributed by atoms with E-state index in [9.17, 15) is 4.79 Å². The van der Waals surface area contributed by atoms with Gasteiger partial charge in [0, 0.05) is 19.6 Å². The molecule has 1 saturated heterocycles. The van der Waals surface area contributed by atoms with Gasteiger partial charge in [-0.1, -0.05) is 23.2 Å². The van der Waals surface area contributed by atoms with Crippen LogP contribution in [0.3, 0.4) is 0 Å². The van der Waals surface area contributed by atoms with Crippen molar-refractivity contribution in [3.05, 3.63) is 27.7 Å². The van der Waals surface area contributed by atoms with E-state index in [0.29, 0.717) is 21.4 Å². The monoisotopic (exact) mass is 316 g/mol. The van der Waals surface area contributed by atoms with Gasteiger partial charge in [0.05, 0.1) is 17.2 Å². The summed E-state index contributed by atoms with van der Waals surface area (Å²) >= 11 is 12.2. The first-order chi connectivity index (χ1) is 9.56. The van der Waals surface area contributed by atoms with Crippen molar-refractivity contribution in [3.63, 3.8) is 0 Å². The Hall–Kier alpha value is -0.970. The molecule has 4 nitrogen and oxygen atoms in total. The lowest BCUT2D eigenvalue weighted by Crippen LogP contribution is -2.46. The molecule has 1 heterocycles. The Morgan fingerprint density at radius 3 is 2.70 bits per heavy atom. The molecule has 20 heavy (non-hydrogen) atoms. The predicted molar refractivity (Wildman–Crippen MR) is 81.0 cm³/mol. The van der Waals surface area contributed by atoms with E-state index in [4.69, 9.17) is 27.9 Å². The van der Waals surface area contributed by atoms with Gasteiger partial charge in [-0.25, -0.2) is 0 Å². The van der Waals surface area contributed by atoms with Gasteiger partial charge in [0.1, 0.15) is 5.56 Å². The van der Waals surface area contributed by atoms with Crippen molar-refractivity contribution in [2.45, 2.75) is 18.9 Å². The van der Waals surface area contributed by atoms with Crippen molar-refractivity contribution < 1.29 is 9.53 Å². The molecule has 1 amide bonds. The van der Waals surface area contributed by atoms with Crippen molar-refractivity contribution in [2.75, 3.05) is 27.2 Å². The van der Waals surface area contributed by atoms with Gasteiger partial charge in [0.15, 0.2) is 5.75 Å². The number of hydrogen-bond acceptors (Lipinski definition) is 3. The number of nitrogens with zero attached hydrogens (tertiary/aromatic N) is 1. The van der Waals surface area contributed by atoms with Crippen LogP contribution in [0.25, 0.3) is 0 Å². The third-order valence-corrected chi connectivity index (χ3v) is 4.23. The van der Waals surface area contributed by atoms with Gasteiger partial charge in [-0.05, 0) is 31.5 Å². The van der Waals surface area contributed by atoms with E-state index in [1.807, 2.05) is 0 Å². The number of methoxy groups -OCH3 is 1. The maximum atomic E-state index is 12.7. The Labute approximate surface area is 129 Å². The zero-order valence-electron chi connectivity index (χ0n) is 11.6. The summed E-state index contributed by atoms with van der Waals surface area (Å²) in [7, 11) is 3.27. The molecule has 1 N–H and O–H groups in total. The third kappa shape index (κ3) is 3.03. The molecule has 0 aromatic heterocycles. The van der Waals surface area contributed by atoms with Gasteiger partial charge in [-0.3, -0.25) is 4.79 Å². The average Bonchev–Trinajstić information content (AvgIpc) is 2.48. The molecule has 2 rings (SSSR count). The van der Waals surface area contributed by atoms with E-state index in [1.54, 1.807) is 24.1 Å². The van der Waals surface area contributed by atoms with Crippen LogP contribution in [-0.4, -0.2) is 44.1 Å². The van der Waals surface area contributed by atoms with Crippen molar-refractivity contribution in [1.82, 2.24) is 10.2 Å². The quantitative estimate of drug-likeness (QED) is 0.932. The summed E-state index contributed by atoms with van der Waals surface area (Å²) in [5.74, 6) is 0.169. The Bertz CT molecular complexity index is 502. The number of halogens is 2. The van der Waals surface area contributed by atoms with Gasteiger partial charge in [-0.2, -0.15) is 0 Å². The topological polar surface area (TPSA) is 41.6 Å². The molecule has 1 fully saturated rings. The van der Waals surface area contributed by atoms with Crippen LogP contribution in [0, 0.1) is 0 Å². The summed E-state index contributed by atoms with van der Waals surface area (Å²) in [6.45, 7) is 1.79. The molecule has 0 bridgehead atoms. The standard InChI is InChI=1S/C14H18Cl2N2O2/c1-18(9-4-3-7-17-8-9)14(19)12-10(15)5-6-11(16)13(12)20-2/h5-6,9,17H,3-4,7-8H2,1-2H3. The van der Waals surface area contributed by atoms with Crippen LogP contribution in [0.15, 0.2) is 12.1 Å². The summed E-state index contributed by atoms with van der Waals surface area (Å²) in [5, 5.41) is 4.03. The summed E-state index contributed by atoms with van der Waals surface area (Å²) in [6, 6.07) is 3.41. The first-order valence-corrected chi connectivity index (χ1v) is 7.31. The predicted octanol–water partition coefficient (Wildman–Crippen LogP) is 2.83. The van der Waals surface area contributed by atoms with Crippen LogP contribution in [0.4, 0.5) is 0 Å². The molecule has 1 unspecified atom stereocenters. The van der Waals surface area contributed by atoms with Crippen molar-refractivity contribution in [3.8, 4) is 5.75 Å². The van der Waals surface area contributed by atoms with E-state index in [0.717, 1.165) is 25.9 Å². The average molecular weight is 317 g/mol. The number of carbonyl (C=O) groups is 1. The number of amides is 1. The lowest BCUT2D eigenvalue weighted by atomic mass is 10.0. The molecular weight excluding hydrogens is 299 g/mol. The molecule has 6 heteroatoms. The van der Waals surface area contributed by atoms with Crippen molar-refractivity contribution in [1.29, 1.82) is 0 Å². The zero-order chi connectivity index (χ0) is 14.7. The number of rotatable bonds is 3. The highest BCUT2D eigenvalue weighted by atomic mass is 35.5. The van der Waals surface area contributed by atoms with E-state index in [-0.39, 0.29) is 11.9 Å². The number of ether oxygens (including phenoxy) is 1. The van der Waals surface area contributed by atoms with Crippen LogP contribution in [0.1, 0.15) is 23.2 Å². The summed E-state index contributed by atoms with van der Waals surface area (Å²) in [5.41, 5.74) is 0.328. The van der Waals surface area contributed by atoms with Crippen LogP contribution in [-0.2, 0) is 0 Å². The SMILES string of the molecule is COc1c(Cl)ccc(Cl)c1C(=O)N(C)C1CCCNC1. The lowest BCUT2D eigenvalue weighted by Gasteiger charge is -2.32. The highest BCUT2D eigenvalue weighted by Crippen LogP contribution is 2.35. The summed E-state index contributed by atoms with van der Waals surface area (Å²) in [6.07, 6.45) is 2.04. The molecule has 110 valence electrons. The van der Waals surface area contributed by atoms with Gasteiger partial charge in [-0.15, -0.1) is 0 Å². The van der Waals surface area contributed by atoms with Crippen LogP contribution < -0.4 is 10.1 Å². The zero-order valence-corrected chi connectivity index (χ0v) is 13.1. The maximum Gasteiger partial charge on any atom is 0.259 e. The van der Waals surface area contributed by atoms with E-state index in [2.05, 4.69) is 5.32 Å². The molecule has 1 aromatic rings. The fourth-order valence-electron chi connectivity index (χ4n) is 2.44. The fraction of sp³-hybridized carbons (Fsp3) is 0.500. The molecule has 1 aromatic carbocycles. The maximum absolute atomic E-state index is 12.7. The highest BCUT2D eigenvalue weighted by molar-refractivity contribution is 6.37. The van der Waals surface area contributed by atoms with Crippen molar-refractivity contribution >= 4 is 29.1 Å². The number of benzene rings is 1. The molecule has 0 radical (unpaired) electrons. The molecule has 1 atom stereocenters. The van der Waals surface area contributed by atoms with E-state index < -0.39 is 0 Å². The van der Waals surface area contributed by atoms with Crippen molar-refractivity contribution in [2.24, 2.45) is 0 Å². The summed E-state index contributed by atoms with van der Waals surface area (Å²) in [4.78, 5) is 14.4. The molecular formula is C14H18Cl2N2O2. The fourth-order valence-corrected chi connectivity index (χ4v) is 2.90. The number of hydrogen-bond donors (Lipinski definition) is 1. The lowest BCUT2D eigenvalue weighted by molar-refractivity contribution is 0.0705. The number of nitrogens with one attached hydrogen (secondary N) is 1. The van der Waals surface area contributed by atoms with E-state index >= 15 is 0 Å². The van der Waals surface area contributed by atoms with E-state index in [1.165, 1.54) is 7.11 Å². The van der Waals surface area contributed by atoms with Gasteiger partial charge in [0.2, 0.25) is 0 Å². The molecule has 1 aliphatic rings. The largest absolute Gasteiger partial charge is 0.494 e. The van der Waals surface area contributed by atoms with Crippen LogP contribution in [0.2, 0.25) is 10.0 Å². The van der Waals surface area contributed by atoms with Crippen LogP contribution >= 0.6 is 23.2 Å².